The smallest absolute Gasteiger partial charge is 0.262 e. The number of ether oxygens (including phenoxy) is 1. The molecule has 4 nitrogen and oxygen atoms in total. The molecule has 1 aliphatic rings. The maximum Gasteiger partial charge on any atom is 0.262 e. The van der Waals surface area contributed by atoms with Crippen LogP contribution in [0.4, 0.5) is 5.69 Å². The molecule has 1 aromatic rings. The van der Waals surface area contributed by atoms with E-state index >= 15 is 0 Å². The second kappa shape index (κ2) is 3.79. The monoisotopic (exact) mass is 220 g/mol. The number of rotatable bonds is 2. The molecule has 0 spiro atoms. The molecule has 1 aromatic carbocycles. The highest BCUT2D eigenvalue weighted by Gasteiger charge is 2.22. The summed E-state index contributed by atoms with van der Waals surface area (Å²) in [7, 11) is 1.91. The Kier molecular flexibility index (Phi) is 2.59. The molecule has 0 atom stereocenters. The van der Waals surface area contributed by atoms with Crippen LogP contribution in [-0.4, -0.2) is 19.6 Å². The molecule has 0 aromatic heterocycles. The zero-order valence-electron chi connectivity index (χ0n) is 9.76. The van der Waals surface area contributed by atoms with Crippen molar-refractivity contribution in [1.82, 2.24) is 5.32 Å². The van der Waals surface area contributed by atoms with E-state index in [1.165, 1.54) is 0 Å². The summed E-state index contributed by atoms with van der Waals surface area (Å²) in [6, 6.07) is 5.85. The predicted molar refractivity (Wildman–Crippen MR) is 62.7 cm³/mol. The second-order valence-corrected chi connectivity index (χ2v) is 4.42. The molecule has 1 heterocycles. The quantitative estimate of drug-likeness (QED) is 0.793. The highest BCUT2D eigenvalue weighted by atomic mass is 16.5. The van der Waals surface area contributed by atoms with Gasteiger partial charge in [-0.25, -0.2) is 0 Å². The molecule has 0 saturated heterocycles. The molecule has 86 valence electrons. The summed E-state index contributed by atoms with van der Waals surface area (Å²) in [4.78, 5) is 11.2. The predicted octanol–water partition coefficient (Wildman–Crippen LogP) is 1.47. The fourth-order valence-electron chi connectivity index (χ4n) is 1.62. The minimum absolute atomic E-state index is 0.0990. The fourth-order valence-corrected chi connectivity index (χ4v) is 1.62. The van der Waals surface area contributed by atoms with Crippen molar-refractivity contribution in [1.29, 1.82) is 0 Å². The van der Waals surface area contributed by atoms with E-state index in [4.69, 9.17) is 4.74 Å². The van der Waals surface area contributed by atoms with E-state index in [0.717, 1.165) is 17.0 Å². The van der Waals surface area contributed by atoms with Gasteiger partial charge in [0, 0.05) is 5.54 Å². The van der Waals surface area contributed by atoms with Crippen LogP contribution in [0.3, 0.4) is 0 Å². The van der Waals surface area contributed by atoms with Crippen LogP contribution in [0.5, 0.6) is 5.75 Å². The molecule has 0 fully saturated rings. The minimum Gasteiger partial charge on any atom is -0.482 e. The Labute approximate surface area is 95.0 Å². The third kappa shape index (κ3) is 1.88. The number of benzene rings is 1. The first kappa shape index (κ1) is 11.0. The van der Waals surface area contributed by atoms with Gasteiger partial charge in [-0.1, -0.05) is 6.07 Å². The van der Waals surface area contributed by atoms with Crippen LogP contribution in [0.2, 0.25) is 0 Å². The number of fused-ring (bicyclic) bond motifs is 1. The number of carbonyl (C=O) groups excluding carboxylic acids is 1. The largest absolute Gasteiger partial charge is 0.482 e. The van der Waals surface area contributed by atoms with Gasteiger partial charge in [-0.3, -0.25) is 4.79 Å². The fraction of sp³-hybridized carbons (Fsp3) is 0.417. The Balaban J connectivity index is 2.38. The third-order valence-corrected chi connectivity index (χ3v) is 2.96. The van der Waals surface area contributed by atoms with Crippen LogP contribution >= 0.6 is 0 Å². The van der Waals surface area contributed by atoms with Crippen molar-refractivity contribution in [2.45, 2.75) is 19.4 Å². The SMILES string of the molecule is CNC(C)(C)c1ccc2c(c1)NC(=O)CO2. The summed E-state index contributed by atoms with van der Waals surface area (Å²) in [6.07, 6.45) is 0. The van der Waals surface area contributed by atoms with E-state index in [9.17, 15) is 4.79 Å². The van der Waals surface area contributed by atoms with Crippen molar-refractivity contribution in [3.63, 3.8) is 0 Å². The highest BCUT2D eigenvalue weighted by Crippen LogP contribution is 2.32. The van der Waals surface area contributed by atoms with Crippen molar-refractivity contribution < 1.29 is 9.53 Å². The molecule has 4 heteroatoms. The number of hydrogen-bond acceptors (Lipinski definition) is 3. The summed E-state index contributed by atoms with van der Waals surface area (Å²) in [5, 5.41) is 6.03. The van der Waals surface area contributed by atoms with Gasteiger partial charge in [0.2, 0.25) is 0 Å². The van der Waals surface area contributed by atoms with Gasteiger partial charge in [-0.15, -0.1) is 0 Å². The van der Waals surface area contributed by atoms with Crippen molar-refractivity contribution in [3.8, 4) is 5.75 Å². The molecule has 1 amide bonds. The molecule has 0 bridgehead atoms. The first-order chi connectivity index (χ1) is 7.53. The van der Waals surface area contributed by atoms with E-state index in [1.807, 2.05) is 25.2 Å². The second-order valence-electron chi connectivity index (χ2n) is 4.42. The maximum atomic E-state index is 11.2. The summed E-state index contributed by atoms with van der Waals surface area (Å²) in [5.74, 6) is 0.627. The Morgan fingerprint density at radius 2 is 2.19 bits per heavy atom. The van der Waals surface area contributed by atoms with Crippen LogP contribution in [0.1, 0.15) is 19.4 Å². The van der Waals surface area contributed by atoms with E-state index in [2.05, 4.69) is 24.5 Å². The molecule has 2 N–H and O–H groups in total. The molecule has 0 saturated carbocycles. The standard InChI is InChI=1S/C12H16N2O2/c1-12(2,13-3)8-4-5-10-9(6-8)14-11(15)7-16-10/h4-6,13H,7H2,1-3H3,(H,14,15). The van der Waals surface area contributed by atoms with Gasteiger partial charge >= 0.3 is 0 Å². The molecule has 1 aliphatic heterocycles. The number of amides is 1. The molecule has 2 rings (SSSR count). The summed E-state index contributed by atoms with van der Waals surface area (Å²) in [5.41, 5.74) is 1.73. The molecule has 0 radical (unpaired) electrons. The lowest BCUT2D eigenvalue weighted by Crippen LogP contribution is -2.33. The Morgan fingerprint density at radius 1 is 1.44 bits per heavy atom. The van der Waals surface area contributed by atoms with Crippen molar-refractivity contribution in [2.24, 2.45) is 0 Å². The van der Waals surface area contributed by atoms with Gasteiger partial charge in [-0.2, -0.15) is 0 Å². The third-order valence-electron chi connectivity index (χ3n) is 2.96. The normalized spacial score (nSPS) is 15.1. The lowest BCUT2D eigenvalue weighted by molar-refractivity contribution is -0.118. The van der Waals surface area contributed by atoms with Gasteiger partial charge < -0.3 is 15.4 Å². The van der Waals surface area contributed by atoms with Crippen molar-refractivity contribution in [3.05, 3.63) is 23.8 Å². The molecule has 0 unspecified atom stereocenters. The van der Waals surface area contributed by atoms with Gasteiger partial charge in [0.15, 0.2) is 6.61 Å². The number of nitrogens with one attached hydrogen (secondary N) is 2. The van der Waals surface area contributed by atoms with Crippen LogP contribution in [0.25, 0.3) is 0 Å². The summed E-state index contributed by atoms with van der Waals surface area (Å²) in [6.45, 7) is 4.27. The van der Waals surface area contributed by atoms with E-state index in [0.29, 0.717) is 0 Å². The van der Waals surface area contributed by atoms with Gasteiger partial charge in [0.25, 0.3) is 5.91 Å². The molecular formula is C12H16N2O2. The topological polar surface area (TPSA) is 50.4 Å². The van der Waals surface area contributed by atoms with Crippen LogP contribution in [0.15, 0.2) is 18.2 Å². The Bertz CT molecular complexity index is 427. The lowest BCUT2D eigenvalue weighted by Gasteiger charge is -2.27. The number of carbonyl (C=O) groups is 1. The zero-order chi connectivity index (χ0) is 11.8. The summed E-state index contributed by atoms with van der Waals surface area (Å²) < 4.78 is 5.30. The van der Waals surface area contributed by atoms with Crippen LogP contribution in [-0.2, 0) is 10.3 Å². The Morgan fingerprint density at radius 3 is 2.88 bits per heavy atom. The minimum atomic E-state index is -0.128. The lowest BCUT2D eigenvalue weighted by atomic mass is 9.94. The first-order valence-electron chi connectivity index (χ1n) is 5.29. The number of anilines is 1. The highest BCUT2D eigenvalue weighted by molar-refractivity contribution is 5.95. The first-order valence-corrected chi connectivity index (χ1v) is 5.29. The van der Waals surface area contributed by atoms with Crippen molar-refractivity contribution in [2.75, 3.05) is 19.0 Å². The molecule has 16 heavy (non-hydrogen) atoms. The number of hydrogen-bond donors (Lipinski definition) is 2. The van der Waals surface area contributed by atoms with Crippen LogP contribution < -0.4 is 15.4 Å². The van der Waals surface area contributed by atoms with Gasteiger partial charge in [0.05, 0.1) is 5.69 Å². The zero-order valence-corrected chi connectivity index (χ0v) is 9.76. The van der Waals surface area contributed by atoms with Gasteiger partial charge in [-0.05, 0) is 38.6 Å². The molecule has 0 aliphatic carbocycles. The maximum absolute atomic E-state index is 11.2. The Hall–Kier alpha value is -1.55. The summed E-state index contributed by atoms with van der Waals surface area (Å²) >= 11 is 0. The van der Waals surface area contributed by atoms with Crippen LogP contribution in [0, 0.1) is 0 Å². The van der Waals surface area contributed by atoms with E-state index < -0.39 is 0 Å². The average Bonchev–Trinajstić information content (AvgIpc) is 2.28. The van der Waals surface area contributed by atoms with Crippen molar-refractivity contribution >= 4 is 11.6 Å². The van der Waals surface area contributed by atoms with E-state index in [1.54, 1.807) is 0 Å². The van der Waals surface area contributed by atoms with Gasteiger partial charge in [0.1, 0.15) is 5.75 Å². The average molecular weight is 220 g/mol. The molecular weight excluding hydrogens is 204 g/mol. The van der Waals surface area contributed by atoms with E-state index in [-0.39, 0.29) is 18.1 Å².